The number of pyridine rings is 1. The number of phenolic OH excluding ortho intramolecular Hbond substituents is 1. The molecular formula is C22H28N2O3Si2. The summed E-state index contributed by atoms with van der Waals surface area (Å²) in [5, 5.41) is 16.0. The number of carbonyl (C=O) groups excluding carboxylic acids is 1. The summed E-state index contributed by atoms with van der Waals surface area (Å²) in [6.07, 6.45) is 1.45. The first-order chi connectivity index (χ1) is 13.4. The van der Waals surface area contributed by atoms with Crippen molar-refractivity contribution in [1.29, 1.82) is 0 Å². The highest BCUT2D eigenvalue weighted by molar-refractivity contribution is 6.92. The first-order valence-corrected chi connectivity index (χ1v) is 16.7. The third kappa shape index (κ3) is 4.20. The van der Waals surface area contributed by atoms with E-state index in [-0.39, 0.29) is 16.7 Å². The number of aromatic amines is 1. The number of rotatable bonds is 4. The fraction of sp³-hybridized carbons (Fsp3) is 0.273. The molecule has 0 radical (unpaired) electrons. The molecule has 1 aromatic heterocycles. The monoisotopic (exact) mass is 424 g/mol. The van der Waals surface area contributed by atoms with Crippen LogP contribution in [-0.4, -0.2) is 32.1 Å². The maximum atomic E-state index is 13.0. The van der Waals surface area contributed by atoms with E-state index < -0.39 is 22.1 Å². The van der Waals surface area contributed by atoms with E-state index in [1.165, 1.54) is 6.20 Å². The molecule has 0 spiro atoms. The van der Waals surface area contributed by atoms with E-state index in [1.54, 1.807) is 24.3 Å². The van der Waals surface area contributed by atoms with Gasteiger partial charge in [-0.05, 0) is 22.5 Å². The molecule has 29 heavy (non-hydrogen) atoms. The second-order valence-electron chi connectivity index (χ2n) is 9.45. The van der Waals surface area contributed by atoms with Crippen LogP contribution in [-0.2, 0) is 0 Å². The lowest BCUT2D eigenvalue weighted by atomic mass is 10.1. The quantitative estimate of drug-likeness (QED) is 0.560. The number of hydrogen-bond acceptors (Lipinski definition) is 3. The first-order valence-electron chi connectivity index (χ1n) is 9.69. The molecule has 0 saturated carbocycles. The maximum absolute atomic E-state index is 13.0. The summed E-state index contributed by atoms with van der Waals surface area (Å²) in [5.74, 6) is -0.273. The molecule has 1 amide bonds. The molecule has 1 heterocycles. The number of carbonyl (C=O) groups is 1. The Morgan fingerprint density at radius 1 is 0.966 bits per heavy atom. The average Bonchev–Trinajstić information content (AvgIpc) is 2.60. The number of nitrogens with one attached hydrogen (secondary N) is 2. The van der Waals surface area contributed by atoms with Gasteiger partial charge in [0, 0.05) is 28.9 Å². The fourth-order valence-corrected chi connectivity index (χ4v) is 6.52. The van der Waals surface area contributed by atoms with Crippen LogP contribution in [0.15, 0.2) is 47.4 Å². The molecule has 0 unspecified atom stereocenters. The summed E-state index contributed by atoms with van der Waals surface area (Å²) in [4.78, 5) is 28.8. The summed E-state index contributed by atoms with van der Waals surface area (Å²) in [6, 6.07) is 10.8. The molecule has 3 rings (SSSR count). The highest BCUT2D eigenvalue weighted by Gasteiger charge is 2.28. The number of benzene rings is 2. The van der Waals surface area contributed by atoms with Crippen molar-refractivity contribution in [3.63, 3.8) is 0 Å². The van der Waals surface area contributed by atoms with Crippen LogP contribution in [0.3, 0.4) is 0 Å². The maximum Gasteiger partial charge on any atom is 0.261 e. The largest absolute Gasteiger partial charge is 0.508 e. The van der Waals surface area contributed by atoms with Crippen molar-refractivity contribution in [3.05, 3.63) is 58.4 Å². The van der Waals surface area contributed by atoms with Crippen LogP contribution >= 0.6 is 0 Å². The van der Waals surface area contributed by atoms with Crippen molar-refractivity contribution in [2.75, 3.05) is 5.32 Å². The highest BCUT2D eigenvalue weighted by atomic mass is 28.3. The van der Waals surface area contributed by atoms with E-state index in [2.05, 4.69) is 55.6 Å². The molecule has 0 saturated heterocycles. The van der Waals surface area contributed by atoms with Crippen LogP contribution in [0.4, 0.5) is 5.69 Å². The van der Waals surface area contributed by atoms with Gasteiger partial charge in [0.15, 0.2) is 0 Å². The zero-order valence-electron chi connectivity index (χ0n) is 17.8. The van der Waals surface area contributed by atoms with Gasteiger partial charge in [0.05, 0.1) is 16.1 Å². The number of fused-ring (bicyclic) bond motifs is 1. The van der Waals surface area contributed by atoms with Gasteiger partial charge in [0.25, 0.3) is 5.91 Å². The summed E-state index contributed by atoms with van der Waals surface area (Å²) in [7, 11) is -3.58. The van der Waals surface area contributed by atoms with E-state index in [4.69, 9.17) is 0 Å². The molecule has 0 aliphatic heterocycles. The third-order valence-electron chi connectivity index (χ3n) is 5.03. The Hall–Kier alpha value is -2.65. The Labute approximate surface area is 172 Å². The molecule has 152 valence electrons. The minimum absolute atomic E-state index is 0.0546. The topological polar surface area (TPSA) is 82.2 Å². The Bertz CT molecular complexity index is 1160. The number of H-pyrrole nitrogens is 1. The fourth-order valence-electron chi connectivity index (χ4n) is 3.44. The zero-order chi connectivity index (χ0) is 21.6. The predicted octanol–water partition coefficient (Wildman–Crippen LogP) is 3.58. The van der Waals surface area contributed by atoms with E-state index in [0.717, 1.165) is 10.4 Å². The van der Waals surface area contributed by atoms with Gasteiger partial charge in [-0.3, -0.25) is 9.59 Å². The Kier molecular flexibility index (Phi) is 5.31. The normalized spacial score (nSPS) is 12.2. The molecule has 3 aromatic rings. The molecule has 0 aliphatic rings. The van der Waals surface area contributed by atoms with Crippen molar-refractivity contribution in [1.82, 2.24) is 4.98 Å². The number of para-hydroxylation sites is 1. The van der Waals surface area contributed by atoms with Crippen molar-refractivity contribution < 1.29 is 9.90 Å². The lowest BCUT2D eigenvalue weighted by molar-refractivity contribution is 0.102. The van der Waals surface area contributed by atoms with Crippen molar-refractivity contribution in [2.24, 2.45) is 0 Å². The van der Waals surface area contributed by atoms with Gasteiger partial charge in [-0.1, -0.05) is 57.5 Å². The summed E-state index contributed by atoms with van der Waals surface area (Å²) < 4.78 is 0. The van der Waals surface area contributed by atoms with Gasteiger partial charge in [0.2, 0.25) is 5.43 Å². The number of phenols is 1. The Balaban J connectivity index is 2.08. The first kappa shape index (κ1) is 21.1. The van der Waals surface area contributed by atoms with Crippen LogP contribution in [0.1, 0.15) is 10.4 Å². The number of aromatic hydroxyl groups is 1. The molecule has 3 N–H and O–H groups in total. The summed E-state index contributed by atoms with van der Waals surface area (Å²) >= 11 is 0. The Morgan fingerprint density at radius 3 is 2.21 bits per heavy atom. The molecular weight excluding hydrogens is 396 g/mol. The second kappa shape index (κ2) is 7.31. The smallest absolute Gasteiger partial charge is 0.261 e. The Morgan fingerprint density at radius 2 is 1.59 bits per heavy atom. The van der Waals surface area contributed by atoms with Crippen LogP contribution < -0.4 is 21.1 Å². The number of aromatic nitrogens is 1. The highest BCUT2D eigenvalue weighted by Crippen LogP contribution is 2.21. The van der Waals surface area contributed by atoms with E-state index in [9.17, 15) is 14.7 Å². The molecule has 5 nitrogen and oxygen atoms in total. The number of anilines is 1. The standard InChI is InChI=1S/C22H28N2O3Si2/c1-28(2,3)19-12-20(29(4,5)6)18(25)11-17(19)24-22(27)15-13-23-16-10-8-7-9-14(16)21(15)26/h7-13,25H,1-6H3,(H,23,26)(H,24,27). The summed E-state index contributed by atoms with van der Waals surface area (Å²) in [5.41, 5.74) is 1.02. The minimum atomic E-state index is -1.83. The SMILES string of the molecule is C[Si](C)(C)c1cc([Si](C)(C)C)c(NC(=O)c2c[nH]c3ccccc3c2=O)cc1O. The molecule has 0 atom stereocenters. The van der Waals surface area contributed by atoms with Gasteiger partial charge in [-0.15, -0.1) is 0 Å². The molecule has 7 heteroatoms. The third-order valence-corrected chi connectivity index (χ3v) is 9.08. The van der Waals surface area contributed by atoms with Crippen LogP contribution in [0.5, 0.6) is 5.75 Å². The van der Waals surface area contributed by atoms with Gasteiger partial charge in [-0.25, -0.2) is 0 Å². The van der Waals surface area contributed by atoms with Gasteiger partial charge >= 0.3 is 0 Å². The van der Waals surface area contributed by atoms with Crippen LogP contribution in [0.25, 0.3) is 10.9 Å². The minimum Gasteiger partial charge on any atom is -0.508 e. The molecule has 0 aliphatic carbocycles. The number of hydrogen-bond donors (Lipinski definition) is 3. The number of amides is 1. The van der Waals surface area contributed by atoms with Crippen LogP contribution in [0.2, 0.25) is 39.3 Å². The van der Waals surface area contributed by atoms with Crippen molar-refractivity contribution >= 4 is 49.0 Å². The van der Waals surface area contributed by atoms with E-state index >= 15 is 0 Å². The van der Waals surface area contributed by atoms with Gasteiger partial charge in [0.1, 0.15) is 11.3 Å². The molecule has 2 aromatic carbocycles. The second-order valence-corrected chi connectivity index (χ2v) is 19.5. The van der Waals surface area contributed by atoms with Gasteiger partial charge < -0.3 is 15.4 Å². The molecule has 0 fully saturated rings. The van der Waals surface area contributed by atoms with Crippen molar-refractivity contribution in [3.8, 4) is 5.75 Å². The molecule has 0 bridgehead atoms. The zero-order valence-corrected chi connectivity index (χ0v) is 19.8. The van der Waals surface area contributed by atoms with Gasteiger partial charge in [-0.2, -0.15) is 0 Å². The predicted molar refractivity (Wildman–Crippen MR) is 127 cm³/mol. The average molecular weight is 425 g/mol. The van der Waals surface area contributed by atoms with E-state index in [0.29, 0.717) is 16.6 Å². The van der Waals surface area contributed by atoms with Crippen molar-refractivity contribution in [2.45, 2.75) is 39.3 Å². The van der Waals surface area contributed by atoms with Crippen LogP contribution in [0, 0.1) is 0 Å². The lowest BCUT2D eigenvalue weighted by Gasteiger charge is -2.26. The summed E-state index contributed by atoms with van der Waals surface area (Å²) in [6.45, 7) is 13.2. The lowest BCUT2D eigenvalue weighted by Crippen LogP contribution is -2.46. The van der Waals surface area contributed by atoms with E-state index in [1.807, 2.05) is 6.07 Å².